The first-order chi connectivity index (χ1) is 14.6. The van der Waals surface area contributed by atoms with E-state index in [-0.39, 0.29) is 55.9 Å². The molecule has 2 atom stereocenters. The molecule has 1 amide bonds. The lowest BCUT2D eigenvalue weighted by Gasteiger charge is -2.30. The molecule has 1 aromatic rings. The van der Waals surface area contributed by atoms with Crippen molar-refractivity contribution in [1.82, 2.24) is 15.2 Å². The number of likely N-dealkylation sites (N-methyl/N-ethyl adjacent to an activating group) is 1. The van der Waals surface area contributed by atoms with Gasteiger partial charge in [-0.25, -0.2) is 4.39 Å². The number of likely N-dealkylation sites (tertiary alicyclic amines) is 1. The van der Waals surface area contributed by atoms with Crippen LogP contribution in [0.5, 0.6) is 11.8 Å². The Hall–Kier alpha value is -2.10. The third-order valence-electron chi connectivity index (χ3n) is 6.10. The van der Waals surface area contributed by atoms with Crippen LogP contribution in [0.1, 0.15) is 44.6 Å². The van der Waals surface area contributed by atoms with Crippen molar-refractivity contribution in [1.29, 1.82) is 0 Å². The minimum atomic E-state index is -4.21. The van der Waals surface area contributed by atoms with E-state index >= 15 is 0 Å². The molecule has 1 aliphatic heterocycles. The van der Waals surface area contributed by atoms with Gasteiger partial charge in [0.2, 0.25) is 11.8 Å². The van der Waals surface area contributed by atoms with Gasteiger partial charge in [0.05, 0.1) is 19.1 Å². The van der Waals surface area contributed by atoms with Gasteiger partial charge in [-0.1, -0.05) is 6.92 Å². The van der Waals surface area contributed by atoms with Gasteiger partial charge in [-0.3, -0.25) is 9.69 Å². The number of nitrogens with one attached hydrogen (secondary N) is 1. The van der Waals surface area contributed by atoms with Crippen molar-refractivity contribution in [2.75, 3.05) is 20.7 Å². The summed E-state index contributed by atoms with van der Waals surface area (Å²) >= 11 is 0. The number of hydrogen-bond acceptors (Lipinski definition) is 5. The smallest absolute Gasteiger partial charge is 0.391 e. The number of halogens is 4. The Morgan fingerprint density at radius 1 is 1.26 bits per heavy atom. The lowest BCUT2D eigenvalue weighted by molar-refractivity contribution is -0.185. The molecule has 1 saturated carbocycles. The zero-order valence-corrected chi connectivity index (χ0v) is 18.0. The summed E-state index contributed by atoms with van der Waals surface area (Å²) in [6, 6.07) is 0.956. The number of aromatic nitrogens is 1. The summed E-state index contributed by atoms with van der Waals surface area (Å²) in [5, 5.41) is 2.80. The van der Waals surface area contributed by atoms with Crippen LogP contribution in [0.2, 0.25) is 0 Å². The molecule has 1 aromatic heterocycles. The van der Waals surface area contributed by atoms with E-state index in [1.165, 1.54) is 13.2 Å². The third-order valence-corrected chi connectivity index (χ3v) is 6.10. The van der Waals surface area contributed by atoms with Crippen LogP contribution < -0.4 is 14.8 Å². The predicted octanol–water partition coefficient (Wildman–Crippen LogP) is 3.69. The zero-order valence-electron chi connectivity index (χ0n) is 18.0. The van der Waals surface area contributed by atoms with Crippen LogP contribution >= 0.6 is 0 Å². The molecule has 2 heterocycles. The molecule has 2 fully saturated rings. The largest absolute Gasteiger partial charge is 0.481 e. The highest BCUT2D eigenvalue weighted by atomic mass is 19.4. The highest BCUT2D eigenvalue weighted by molar-refractivity contribution is 5.82. The average Bonchev–Trinajstić information content (AvgIpc) is 3.05. The Bertz CT molecular complexity index is 782. The maximum atomic E-state index is 14.6. The first kappa shape index (κ1) is 23.6. The second-order valence-electron chi connectivity index (χ2n) is 8.59. The van der Waals surface area contributed by atoms with E-state index in [0.29, 0.717) is 11.5 Å². The summed E-state index contributed by atoms with van der Waals surface area (Å²) in [5.74, 6) is -1.99. The second kappa shape index (κ2) is 9.58. The van der Waals surface area contributed by atoms with Crippen LogP contribution in [0.4, 0.5) is 17.6 Å². The van der Waals surface area contributed by atoms with Crippen LogP contribution in [0.25, 0.3) is 0 Å². The van der Waals surface area contributed by atoms with Gasteiger partial charge in [0.25, 0.3) is 5.88 Å². The van der Waals surface area contributed by atoms with E-state index in [9.17, 15) is 22.4 Å². The van der Waals surface area contributed by atoms with Crippen molar-refractivity contribution < 1.29 is 31.8 Å². The van der Waals surface area contributed by atoms with Crippen LogP contribution in [0.3, 0.4) is 0 Å². The quantitative estimate of drug-likeness (QED) is 0.674. The average molecular weight is 447 g/mol. The van der Waals surface area contributed by atoms with Crippen molar-refractivity contribution >= 4 is 5.91 Å². The fourth-order valence-electron chi connectivity index (χ4n) is 4.41. The minimum Gasteiger partial charge on any atom is -0.481 e. The first-order valence-corrected chi connectivity index (χ1v) is 10.5. The third kappa shape index (κ3) is 5.78. The van der Waals surface area contributed by atoms with E-state index in [0.717, 1.165) is 13.0 Å². The van der Waals surface area contributed by atoms with Gasteiger partial charge in [0, 0.05) is 18.7 Å². The molecule has 31 heavy (non-hydrogen) atoms. The summed E-state index contributed by atoms with van der Waals surface area (Å²) in [4.78, 5) is 18.5. The molecule has 0 spiro atoms. The predicted molar refractivity (Wildman–Crippen MR) is 105 cm³/mol. The van der Waals surface area contributed by atoms with Crippen LogP contribution in [0, 0.1) is 17.7 Å². The molecule has 2 unspecified atom stereocenters. The van der Waals surface area contributed by atoms with Gasteiger partial charge in [0.15, 0.2) is 5.82 Å². The molecule has 1 N–H and O–H groups in total. The maximum Gasteiger partial charge on any atom is 0.391 e. The number of pyridine rings is 1. The number of rotatable bonds is 6. The summed E-state index contributed by atoms with van der Waals surface area (Å²) in [7, 11) is 3.26. The molecule has 0 radical (unpaired) electrons. The minimum absolute atomic E-state index is 0.0433. The Balaban J connectivity index is 1.60. The maximum absolute atomic E-state index is 14.6. The standard InChI is InChI=1S/C21H29F4N3O3/c1-12-8-17(28(2)11-12)18(29)26-10-13-9-16(22)20(27-19(13)30-3)31-15-6-4-14(5-7-15)21(23,24)25/h9,12,14-15,17H,4-8,10-11H2,1-3H3,(H,26,29). The molecular weight excluding hydrogens is 418 g/mol. The van der Waals surface area contributed by atoms with Crippen LogP contribution in [-0.4, -0.2) is 54.8 Å². The molecule has 1 saturated heterocycles. The molecule has 10 heteroatoms. The summed E-state index contributed by atoms with van der Waals surface area (Å²) in [5.41, 5.74) is 0.357. The van der Waals surface area contributed by atoms with Crippen molar-refractivity contribution in [3.63, 3.8) is 0 Å². The summed E-state index contributed by atoms with van der Waals surface area (Å²) in [6.45, 7) is 2.97. The molecule has 6 nitrogen and oxygen atoms in total. The highest BCUT2D eigenvalue weighted by Gasteiger charge is 2.42. The topological polar surface area (TPSA) is 63.7 Å². The van der Waals surface area contributed by atoms with E-state index in [2.05, 4.69) is 17.2 Å². The van der Waals surface area contributed by atoms with Crippen molar-refractivity contribution in [2.45, 2.75) is 63.9 Å². The Morgan fingerprint density at radius 3 is 2.48 bits per heavy atom. The van der Waals surface area contributed by atoms with Crippen LogP contribution in [-0.2, 0) is 11.3 Å². The fraction of sp³-hybridized carbons (Fsp3) is 0.714. The Morgan fingerprint density at radius 2 is 1.94 bits per heavy atom. The van der Waals surface area contributed by atoms with Gasteiger partial charge in [-0.2, -0.15) is 18.2 Å². The normalized spacial score (nSPS) is 27.2. The van der Waals surface area contributed by atoms with Gasteiger partial charge in [-0.15, -0.1) is 0 Å². The molecule has 2 aliphatic rings. The number of carbonyl (C=O) groups is 1. The van der Waals surface area contributed by atoms with E-state index < -0.39 is 24.0 Å². The van der Waals surface area contributed by atoms with E-state index in [4.69, 9.17) is 9.47 Å². The zero-order chi connectivity index (χ0) is 22.8. The Labute approximate surface area is 179 Å². The molecule has 0 aromatic carbocycles. The lowest BCUT2D eigenvalue weighted by Crippen LogP contribution is -2.41. The fourth-order valence-corrected chi connectivity index (χ4v) is 4.41. The van der Waals surface area contributed by atoms with Crippen molar-refractivity contribution in [3.8, 4) is 11.8 Å². The number of amides is 1. The van der Waals surface area contributed by atoms with Crippen molar-refractivity contribution in [3.05, 3.63) is 17.4 Å². The number of hydrogen-bond donors (Lipinski definition) is 1. The highest BCUT2D eigenvalue weighted by Crippen LogP contribution is 2.38. The lowest BCUT2D eigenvalue weighted by atomic mass is 9.87. The summed E-state index contributed by atoms with van der Waals surface area (Å²) < 4.78 is 63.8. The van der Waals surface area contributed by atoms with Gasteiger partial charge < -0.3 is 14.8 Å². The SMILES string of the molecule is COc1nc(OC2CCC(C(F)(F)F)CC2)c(F)cc1CNC(=O)C1CC(C)CN1C. The first-order valence-electron chi connectivity index (χ1n) is 10.5. The van der Waals surface area contributed by atoms with E-state index in [1.54, 1.807) is 0 Å². The number of ether oxygens (including phenoxy) is 2. The van der Waals surface area contributed by atoms with Crippen LogP contribution in [0.15, 0.2) is 6.07 Å². The molecule has 3 rings (SSSR count). The number of nitrogens with zero attached hydrogens (tertiary/aromatic N) is 2. The van der Waals surface area contributed by atoms with Gasteiger partial charge in [0.1, 0.15) is 6.10 Å². The summed E-state index contributed by atoms with van der Waals surface area (Å²) in [6.07, 6.45) is -3.73. The number of methoxy groups -OCH3 is 1. The molecule has 1 aliphatic carbocycles. The van der Waals surface area contributed by atoms with Gasteiger partial charge >= 0.3 is 6.18 Å². The number of carbonyl (C=O) groups excluding carboxylic acids is 1. The molecular formula is C21H29F4N3O3. The van der Waals surface area contributed by atoms with Gasteiger partial charge in [-0.05, 0) is 51.1 Å². The molecule has 0 bridgehead atoms. The number of alkyl halides is 3. The monoisotopic (exact) mass is 447 g/mol. The Kier molecular flexibility index (Phi) is 7.28. The second-order valence-corrected chi connectivity index (χ2v) is 8.59. The van der Waals surface area contributed by atoms with E-state index in [1.807, 2.05) is 11.9 Å². The molecule has 174 valence electrons. The van der Waals surface area contributed by atoms with Crippen molar-refractivity contribution in [2.24, 2.45) is 11.8 Å².